The Morgan fingerprint density at radius 2 is 2.08 bits per heavy atom. The van der Waals surface area contributed by atoms with E-state index in [1.165, 1.54) is 6.42 Å². The number of amides is 2. The van der Waals surface area contributed by atoms with Crippen LogP contribution in [0.25, 0.3) is 0 Å². The molecule has 1 heterocycles. The molecule has 3 unspecified atom stereocenters. The van der Waals surface area contributed by atoms with E-state index in [4.69, 9.17) is 11.6 Å². The molecule has 2 amide bonds. The molecular formula is C20H28ClN3O2. The summed E-state index contributed by atoms with van der Waals surface area (Å²) >= 11 is 6.09. The Hall–Kier alpha value is -1.59. The smallest absolute Gasteiger partial charge is 0.254 e. The Labute approximate surface area is 160 Å². The summed E-state index contributed by atoms with van der Waals surface area (Å²) < 4.78 is 0. The van der Waals surface area contributed by atoms with Gasteiger partial charge >= 0.3 is 0 Å². The van der Waals surface area contributed by atoms with Crippen molar-refractivity contribution in [3.63, 3.8) is 0 Å². The minimum atomic E-state index is -0.364. The first-order valence-corrected chi connectivity index (χ1v) is 9.88. The van der Waals surface area contributed by atoms with Crippen molar-refractivity contribution in [2.75, 3.05) is 27.2 Å². The van der Waals surface area contributed by atoms with Gasteiger partial charge in [-0.2, -0.15) is 0 Å². The zero-order chi connectivity index (χ0) is 18.7. The summed E-state index contributed by atoms with van der Waals surface area (Å²) in [5.41, 5.74) is 0.569. The molecule has 2 aliphatic rings. The Kier molecular flexibility index (Phi) is 6.20. The molecule has 142 valence electrons. The van der Waals surface area contributed by atoms with Gasteiger partial charge in [-0.05, 0) is 50.4 Å². The van der Waals surface area contributed by atoms with Crippen molar-refractivity contribution < 1.29 is 9.59 Å². The summed E-state index contributed by atoms with van der Waals surface area (Å²) in [5.74, 6) is 0.408. The maximum Gasteiger partial charge on any atom is 0.254 e. The van der Waals surface area contributed by atoms with Crippen LogP contribution in [0.5, 0.6) is 0 Å². The van der Waals surface area contributed by atoms with Gasteiger partial charge in [0.25, 0.3) is 5.91 Å². The van der Waals surface area contributed by atoms with E-state index >= 15 is 0 Å². The SMILES string of the molecule is CNCCN(C)C(=O)C1CC2CCCCC2N1C(=O)c1cccc(Cl)c1. The first-order chi connectivity index (χ1) is 12.5. The predicted octanol–water partition coefficient (Wildman–Crippen LogP) is 2.79. The van der Waals surface area contributed by atoms with Crippen molar-refractivity contribution in [3.05, 3.63) is 34.9 Å². The molecule has 0 radical (unpaired) electrons. The van der Waals surface area contributed by atoms with Crippen LogP contribution in [-0.2, 0) is 4.79 Å². The molecule has 1 aromatic rings. The van der Waals surface area contributed by atoms with Crippen LogP contribution >= 0.6 is 11.6 Å². The zero-order valence-electron chi connectivity index (χ0n) is 15.6. The van der Waals surface area contributed by atoms with Crippen molar-refractivity contribution in [2.24, 2.45) is 5.92 Å². The highest BCUT2D eigenvalue weighted by Gasteiger charge is 2.48. The molecule has 3 atom stereocenters. The number of hydrogen-bond donors (Lipinski definition) is 1. The molecule has 0 aromatic heterocycles. The van der Waals surface area contributed by atoms with E-state index in [1.807, 2.05) is 19.0 Å². The molecular weight excluding hydrogens is 350 g/mol. The van der Waals surface area contributed by atoms with Crippen LogP contribution in [0.15, 0.2) is 24.3 Å². The maximum atomic E-state index is 13.3. The molecule has 1 aliphatic carbocycles. The zero-order valence-corrected chi connectivity index (χ0v) is 16.3. The van der Waals surface area contributed by atoms with E-state index in [9.17, 15) is 9.59 Å². The van der Waals surface area contributed by atoms with Crippen LogP contribution in [-0.4, -0.2) is 60.9 Å². The fourth-order valence-corrected chi connectivity index (χ4v) is 4.58. The second kappa shape index (κ2) is 8.40. The summed E-state index contributed by atoms with van der Waals surface area (Å²) in [6.07, 6.45) is 5.18. The fraction of sp³-hybridized carbons (Fsp3) is 0.600. The lowest BCUT2D eigenvalue weighted by Gasteiger charge is -2.34. The quantitative estimate of drug-likeness (QED) is 0.858. The molecule has 26 heavy (non-hydrogen) atoms. The topological polar surface area (TPSA) is 52.7 Å². The third kappa shape index (κ3) is 3.89. The second-order valence-corrected chi connectivity index (χ2v) is 7.89. The van der Waals surface area contributed by atoms with Gasteiger partial charge in [0.15, 0.2) is 0 Å². The molecule has 2 fully saturated rings. The van der Waals surface area contributed by atoms with Crippen molar-refractivity contribution in [3.8, 4) is 0 Å². The van der Waals surface area contributed by atoms with Crippen LogP contribution in [0.2, 0.25) is 5.02 Å². The van der Waals surface area contributed by atoms with E-state index in [1.54, 1.807) is 29.2 Å². The van der Waals surface area contributed by atoms with Gasteiger partial charge in [0.2, 0.25) is 5.91 Å². The number of rotatable bonds is 5. The Morgan fingerprint density at radius 1 is 1.31 bits per heavy atom. The summed E-state index contributed by atoms with van der Waals surface area (Å²) in [6.45, 7) is 1.38. The molecule has 5 nitrogen and oxygen atoms in total. The predicted molar refractivity (Wildman–Crippen MR) is 103 cm³/mol. The van der Waals surface area contributed by atoms with Gasteiger partial charge < -0.3 is 15.1 Å². The Bertz CT molecular complexity index is 666. The molecule has 1 N–H and O–H groups in total. The van der Waals surface area contributed by atoms with Crippen LogP contribution in [0.4, 0.5) is 0 Å². The number of carbonyl (C=O) groups is 2. The second-order valence-electron chi connectivity index (χ2n) is 7.45. The number of likely N-dealkylation sites (tertiary alicyclic amines) is 1. The number of nitrogens with one attached hydrogen (secondary N) is 1. The Morgan fingerprint density at radius 3 is 2.81 bits per heavy atom. The third-order valence-corrected chi connectivity index (χ3v) is 5.99. The highest BCUT2D eigenvalue weighted by Crippen LogP contribution is 2.41. The lowest BCUT2D eigenvalue weighted by atomic mass is 9.84. The van der Waals surface area contributed by atoms with Crippen LogP contribution in [0, 0.1) is 5.92 Å². The van der Waals surface area contributed by atoms with E-state index in [-0.39, 0.29) is 23.9 Å². The van der Waals surface area contributed by atoms with Crippen molar-refractivity contribution in [2.45, 2.75) is 44.2 Å². The van der Waals surface area contributed by atoms with E-state index in [0.717, 1.165) is 32.2 Å². The molecule has 6 heteroatoms. The number of fused-ring (bicyclic) bond motifs is 1. The molecule has 1 saturated carbocycles. The van der Waals surface area contributed by atoms with Crippen LogP contribution in [0.1, 0.15) is 42.5 Å². The van der Waals surface area contributed by atoms with Gasteiger partial charge in [0, 0.05) is 36.8 Å². The van der Waals surface area contributed by atoms with E-state index < -0.39 is 0 Å². The first kappa shape index (κ1) is 19.2. The minimum absolute atomic E-state index is 0.0463. The van der Waals surface area contributed by atoms with Gasteiger partial charge in [-0.1, -0.05) is 30.5 Å². The Balaban J connectivity index is 1.86. The van der Waals surface area contributed by atoms with Gasteiger partial charge in [-0.15, -0.1) is 0 Å². The normalized spacial score (nSPS) is 25.0. The minimum Gasteiger partial charge on any atom is -0.343 e. The van der Waals surface area contributed by atoms with E-state index in [2.05, 4.69) is 5.32 Å². The summed E-state index contributed by atoms with van der Waals surface area (Å²) in [4.78, 5) is 30.0. The molecule has 0 spiro atoms. The van der Waals surface area contributed by atoms with Gasteiger partial charge in [0.1, 0.15) is 6.04 Å². The highest BCUT2D eigenvalue weighted by atomic mass is 35.5. The summed E-state index contributed by atoms with van der Waals surface area (Å²) in [7, 11) is 3.70. The largest absolute Gasteiger partial charge is 0.343 e. The highest BCUT2D eigenvalue weighted by molar-refractivity contribution is 6.31. The maximum absolute atomic E-state index is 13.3. The van der Waals surface area contributed by atoms with Gasteiger partial charge in [0.05, 0.1) is 0 Å². The standard InChI is InChI=1S/C20H28ClN3O2/c1-22-10-11-23(2)20(26)18-13-14-6-3-4-9-17(14)24(18)19(25)15-7-5-8-16(21)12-15/h5,7-8,12,14,17-18,22H,3-4,6,9-11,13H2,1-2H3. The van der Waals surface area contributed by atoms with Crippen molar-refractivity contribution in [1.29, 1.82) is 0 Å². The number of hydrogen-bond acceptors (Lipinski definition) is 3. The number of carbonyl (C=O) groups excluding carboxylic acids is 2. The lowest BCUT2D eigenvalue weighted by molar-refractivity contribution is -0.134. The molecule has 3 rings (SSSR count). The van der Waals surface area contributed by atoms with Crippen molar-refractivity contribution >= 4 is 23.4 Å². The number of benzene rings is 1. The van der Waals surface area contributed by atoms with Gasteiger partial charge in [-0.25, -0.2) is 0 Å². The number of halogens is 1. The summed E-state index contributed by atoms with van der Waals surface area (Å²) in [5, 5.41) is 3.62. The van der Waals surface area contributed by atoms with Crippen LogP contribution < -0.4 is 5.32 Å². The average Bonchev–Trinajstić information content (AvgIpc) is 3.04. The fourth-order valence-electron chi connectivity index (χ4n) is 4.39. The summed E-state index contributed by atoms with van der Waals surface area (Å²) in [6, 6.07) is 6.85. The molecule has 0 bridgehead atoms. The average molecular weight is 378 g/mol. The molecule has 1 aromatic carbocycles. The molecule has 1 saturated heterocycles. The number of likely N-dealkylation sites (N-methyl/N-ethyl adjacent to an activating group) is 2. The first-order valence-electron chi connectivity index (χ1n) is 9.50. The lowest BCUT2D eigenvalue weighted by Crippen LogP contribution is -2.50. The van der Waals surface area contributed by atoms with E-state index in [0.29, 0.717) is 23.0 Å². The molecule has 1 aliphatic heterocycles. The van der Waals surface area contributed by atoms with Crippen molar-refractivity contribution in [1.82, 2.24) is 15.1 Å². The van der Waals surface area contributed by atoms with Gasteiger partial charge in [-0.3, -0.25) is 9.59 Å². The van der Waals surface area contributed by atoms with Crippen LogP contribution in [0.3, 0.4) is 0 Å². The monoisotopic (exact) mass is 377 g/mol. The third-order valence-electron chi connectivity index (χ3n) is 5.75. The number of nitrogens with zero attached hydrogens (tertiary/aromatic N) is 2.